The number of anilines is 2. The molecule has 0 saturated carbocycles. The average Bonchev–Trinajstić information content (AvgIpc) is 2.80. The van der Waals surface area contributed by atoms with Crippen molar-refractivity contribution in [3.63, 3.8) is 0 Å². The Balaban J connectivity index is 1.46. The van der Waals surface area contributed by atoms with E-state index in [2.05, 4.69) is 17.0 Å². The minimum absolute atomic E-state index is 0.268. The Bertz CT molecular complexity index is 1150. The summed E-state index contributed by atoms with van der Waals surface area (Å²) < 4.78 is 5.84. The number of rotatable bonds is 3. The number of para-hydroxylation sites is 2. The first-order valence-corrected chi connectivity index (χ1v) is 10.0. The van der Waals surface area contributed by atoms with Crippen molar-refractivity contribution in [3.05, 3.63) is 114 Å². The molecule has 0 atom stereocenters. The molecule has 4 aromatic carbocycles. The monoisotopic (exact) mass is 391 g/mol. The molecule has 3 nitrogen and oxygen atoms in total. The Morgan fingerprint density at radius 3 is 1.77 bits per heavy atom. The molecule has 1 aliphatic rings. The van der Waals surface area contributed by atoms with Gasteiger partial charge in [0.05, 0.1) is 0 Å². The highest BCUT2D eigenvalue weighted by molar-refractivity contribution is 5.92. The molecule has 1 aliphatic heterocycles. The van der Waals surface area contributed by atoms with Gasteiger partial charge in [-0.2, -0.15) is 0 Å². The molecule has 0 fully saturated rings. The first-order chi connectivity index (χ1) is 14.7. The summed E-state index contributed by atoms with van der Waals surface area (Å²) in [6.07, 6.45) is 0. The van der Waals surface area contributed by atoms with E-state index in [1.807, 2.05) is 98.0 Å². The van der Waals surface area contributed by atoms with Gasteiger partial charge in [-0.1, -0.05) is 78.9 Å². The molecular weight excluding hydrogens is 370 g/mol. The maximum Gasteiger partial charge on any atom is 0.323 e. The first-order valence-electron chi connectivity index (χ1n) is 10.0. The van der Waals surface area contributed by atoms with Crippen LogP contribution in [-0.4, -0.2) is 13.0 Å². The number of ether oxygens (including phenoxy) is 1. The Hall–Kier alpha value is -3.85. The highest BCUT2D eigenvalue weighted by Gasteiger charge is 2.34. The second-order valence-corrected chi connectivity index (χ2v) is 7.42. The van der Waals surface area contributed by atoms with E-state index in [-0.39, 0.29) is 5.97 Å². The van der Waals surface area contributed by atoms with Gasteiger partial charge in [0.2, 0.25) is 0 Å². The van der Waals surface area contributed by atoms with Crippen molar-refractivity contribution in [2.45, 2.75) is 5.92 Å². The van der Waals surface area contributed by atoms with E-state index < -0.39 is 5.92 Å². The SMILES string of the molecule is CN1c2ccccc2C(C(=O)Oc2ccc(-c3ccccc3)cc2)c2ccccc21. The lowest BCUT2D eigenvalue weighted by Gasteiger charge is -2.34. The Morgan fingerprint density at radius 1 is 0.667 bits per heavy atom. The van der Waals surface area contributed by atoms with Gasteiger partial charge >= 0.3 is 5.97 Å². The third-order valence-corrected chi connectivity index (χ3v) is 5.63. The van der Waals surface area contributed by atoms with E-state index in [1.54, 1.807) is 0 Å². The molecule has 0 spiro atoms. The van der Waals surface area contributed by atoms with Crippen molar-refractivity contribution in [2.24, 2.45) is 0 Å². The van der Waals surface area contributed by atoms with E-state index in [1.165, 1.54) is 0 Å². The molecule has 0 aromatic heterocycles. The molecule has 30 heavy (non-hydrogen) atoms. The molecule has 146 valence electrons. The van der Waals surface area contributed by atoms with E-state index in [4.69, 9.17) is 4.74 Å². The van der Waals surface area contributed by atoms with Gasteiger partial charge in [-0.25, -0.2) is 0 Å². The predicted octanol–water partition coefficient (Wildman–Crippen LogP) is 6.17. The van der Waals surface area contributed by atoms with Crippen LogP contribution in [0.25, 0.3) is 11.1 Å². The molecule has 0 aliphatic carbocycles. The second kappa shape index (κ2) is 7.53. The van der Waals surface area contributed by atoms with Gasteiger partial charge in [0.25, 0.3) is 0 Å². The van der Waals surface area contributed by atoms with Gasteiger partial charge in [0, 0.05) is 18.4 Å². The zero-order chi connectivity index (χ0) is 20.5. The summed E-state index contributed by atoms with van der Waals surface area (Å²) in [4.78, 5) is 15.4. The highest BCUT2D eigenvalue weighted by atomic mass is 16.5. The fraction of sp³-hybridized carbons (Fsp3) is 0.0741. The van der Waals surface area contributed by atoms with Crippen molar-refractivity contribution in [2.75, 3.05) is 11.9 Å². The second-order valence-electron chi connectivity index (χ2n) is 7.42. The zero-order valence-electron chi connectivity index (χ0n) is 16.7. The Labute approximate surface area is 176 Å². The van der Waals surface area contributed by atoms with Gasteiger partial charge in [-0.3, -0.25) is 4.79 Å². The summed E-state index contributed by atoms with van der Waals surface area (Å²) in [5.74, 6) is -0.175. The number of fused-ring (bicyclic) bond motifs is 2. The molecule has 0 saturated heterocycles. The average molecular weight is 391 g/mol. The van der Waals surface area contributed by atoms with Gasteiger partial charge in [-0.05, 0) is 46.5 Å². The van der Waals surface area contributed by atoms with Gasteiger partial charge in [0.15, 0.2) is 0 Å². The molecule has 0 radical (unpaired) electrons. The number of carbonyl (C=O) groups is 1. The third-order valence-electron chi connectivity index (χ3n) is 5.63. The molecule has 4 aromatic rings. The molecular formula is C27H21NO2. The lowest BCUT2D eigenvalue weighted by molar-refractivity contribution is -0.135. The van der Waals surface area contributed by atoms with Crippen LogP contribution >= 0.6 is 0 Å². The minimum Gasteiger partial charge on any atom is -0.426 e. The van der Waals surface area contributed by atoms with E-state index in [0.29, 0.717) is 5.75 Å². The van der Waals surface area contributed by atoms with Gasteiger partial charge in [-0.15, -0.1) is 0 Å². The van der Waals surface area contributed by atoms with Crippen molar-refractivity contribution in [1.29, 1.82) is 0 Å². The maximum atomic E-state index is 13.3. The molecule has 5 rings (SSSR count). The summed E-state index contributed by atoms with van der Waals surface area (Å²) in [5.41, 5.74) is 6.20. The topological polar surface area (TPSA) is 29.5 Å². The van der Waals surface area contributed by atoms with Crippen LogP contribution in [0.15, 0.2) is 103 Å². The molecule has 3 heteroatoms. The van der Waals surface area contributed by atoms with Crippen LogP contribution in [-0.2, 0) is 4.79 Å². The summed E-state index contributed by atoms with van der Waals surface area (Å²) in [5, 5.41) is 0. The van der Waals surface area contributed by atoms with Gasteiger partial charge < -0.3 is 9.64 Å². The number of nitrogens with zero attached hydrogens (tertiary/aromatic N) is 1. The molecule has 1 heterocycles. The van der Waals surface area contributed by atoms with Crippen molar-refractivity contribution >= 4 is 17.3 Å². The zero-order valence-corrected chi connectivity index (χ0v) is 16.7. The van der Waals surface area contributed by atoms with Crippen LogP contribution in [0, 0.1) is 0 Å². The molecule has 0 unspecified atom stereocenters. The van der Waals surface area contributed by atoms with Crippen LogP contribution in [0.1, 0.15) is 17.0 Å². The quantitative estimate of drug-likeness (QED) is 0.309. The van der Waals surface area contributed by atoms with Crippen molar-refractivity contribution < 1.29 is 9.53 Å². The van der Waals surface area contributed by atoms with Crippen LogP contribution in [0.2, 0.25) is 0 Å². The minimum atomic E-state index is -0.456. The number of benzene rings is 4. The van der Waals surface area contributed by atoms with Crippen LogP contribution in [0.4, 0.5) is 11.4 Å². The summed E-state index contributed by atoms with van der Waals surface area (Å²) >= 11 is 0. The standard InChI is InChI=1S/C27H21NO2/c1-28-24-13-7-5-11-22(24)26(23-12-6-8-14-25(23)28)27(29)30-21-17-15-20(16-18-21)19-9-3-2-4-10-19/h2-18,26H,1H3. The third kappa shape index (κ3) is 3.15. The van der Waals surface area contributed by atoms with Crippen molar-refractivity contribution in [3.8, 4) is 16.9 Å². The smallest absolute Gasteiger partial charge is 0.323 e. The first kappa shape index (κ1) is 18.2. The van der Waals surface area contributed by atoms with Gasteiger partial charge in [0.1, 0.15) is 11.7 Å². The van der Waals surface area contributed by atoms with Crippen LogP contribution in [0.3, 0.4) is 0 Å². The normalized spacial score (nSPS) is 12.8. The van der Waals surface area contributed by atoms with Crippen LogP contribution < -0.4 is 9.64 Å². The Kier molecular flexibility index (Phi) is 4.56. The number of esters is 1. The largest absolute Gasteiger partial charge is 0.426 e. The lowest BCUT2D eigenvalue weighted by atomic mass is 9.85. The van der Waals surface area contributed by atoms with E-state index >= 15 is 0 Å². The van der Waals surface area contributed by atoms with E-state index in [9.17, 15) is 4.79 Å². The predicted molar refractivity (Wildman–Crippen MR) is 120 cm³/mol. The summed E-state index contributed by atoms with van der Waals surface area (Å²) in [6.45, 7) is 0. The summed E-state index contributed by atoms with van der Waals surface area (Å²) in [6, 6.07) is 33.8. The number of carbonyl (C=O) groups excluding carboxylic acids is 1. The number of hydrogen-bond donors (Lipinski definition) is 0. The Morgan fingerprint density at radius 2 is 1.17 bits per heavy atom. The molecule has 0 N–H and O–H groups in total. The highest BCUT2D eigenvalue weighted by Crippen LogP contribution is 2.45. The molecule has 0 amide bonds. The fourth-order valence-electron chi connectivity index (χ4n) is 4.15. The van der Waals surface area contributed by atoms with E-state index in [0.717, 1.165) is 33.6 Å². The van der Waals surface area contributed by atoms with Crippen molar-refractivity contribution in [1.82, 2.24) is 0 Å². The lowest BCUT2D eigenvalue weighted by Crippen LogP contribution is -2.28. The molecule has 0 bridgehead atoms. The maximum absolute atomic E-state index is 13.3. The fourth-order valence-corrected chi connectivity index (χ4v) is 4.15. The summed E-state index contributed by atoms with van der Waals surface area (Å²) in [7, 11) is 2.03. The van der Waals surface area contributed by atoms with Crippen LogP contribution in [0.5, 0.6) is 5.75 Å². The number of hydrogen-bond acceptors (Lipinski definition) is 3.